The van der Waals surface area contributed by atoms with Gasteiger partial charge in [-0.05, 0) is 37.0 Å². The van der Waals surface area contributed by atoms with Gasteiger partial charge in [0.1, 0.15) is 13.2 Å². The quantitative estimate of drug-likeness (QED) is 0.0343. The Kier molecular flexibility index (Phi) is 50.0. The molecule has 6 heteroatoms. The molecule has 392 valence electrons. The van der Waals surface area contributed by atoms with Crippen molar-refractivity contribution < 1.29 is 28.6 Å². The third-order valence-electron chi connectivity index (χ3n) is 14.7. The van der Waals surface area contributed by atoms with Crippen molar-refractivity contribution in [3.05, 3.63) is 0 Å². The molecule has 0 saturated carbocycles. The summed E-state index contributed by atoms with van der Waals surface area (Å²) in [7, 11) is 0. The van der Waals surface area contributed by atoms with Crippen LogP contribution in [0.3, 0.4) is 0 Å². The lowest BCUT2D eigenvalue weighted by molar-refractivity contribution is -0.167. The van der Waals surface area contributed by atoms with Crippen LogP contribution in [-0.2, 0) is 28.6 Å². The van der Waals surface area contributed by atoms with Crippen LogP contribution in [0.1, 0.15) is 330 Å². The van der Waals surface area contributed by atoms with Gasteiger partial charge < -0.3 is 14.2 Å². The van der Waals surface area contributed by atoms with E-state index in [1.54, 1.807) is 0 Å². The third kappa shape index (κ3) is 48.9. The molecule has 0 rings (SSSR count). The Morgan fingerprint density at radius 1 is 0.288 bits per heavy atom. The lowest BCUT2D eigenvalue weighted by Gasteiger charge is -2.18. The summed E-state index contributed by atoms with van der Waals surface area (Å²) in [6, 6.07) is 0. The first kappa shape index (κ1) is 64.4. The summed E-state index contributed by atoms with van der Waals surface area (Å²) < 4.78 is 16.9. The van der Waals surface area contributed by atoms with Gasteiger partial charge in [-0.25, -0.2) is 0 Å². The first-order valence-electron chi connectivity index (χ1n) is 29.7. The zero-order valence-electron chi connectivity index (χ0n) is 45.5. The van der Waals surface area contributed by atoms with Crippen LogP contribution in [0.4, 0.5) is 0 Å². The molecule has 3 unspecified atom stereocenters. The fraction of sp³-hybridized carbons (Fsp3) is 0.950. The number of rotatable bonds is 53. The summed E-state index contributed by atoms with van der Waals surface area (Å²) in [5, 5.41) is 0. The molecule has 0 amide bonds. The molecule has 0 N–H and O–H groups in total. The fourth-order valence-corrected chi connectivity index (χ4v) is 9.08. The van der Waals surface area contributed by atoms with Crippen LogP contribution in [-0.4, -0.2) is 37.2 Å². The summed E-state index contributed by atoms with van der Waals surface area (Å²) >= 11 is 0. The standard InChI is InChI=1S/C60H116O6/c1-7-54(4)46-40-34-28-22-18-16-14-12-10-11-13-15-17-19-25-33-39-45-51-60(63)66-57(53-65-59(62)50-44-38-32-27-26-30-36-42-48-56(6)9-3)52-64-58(61)49-43-37-31-24-21-20-23-29-35-41-47-55(5)8-2/h54-57H,7-53H2,1-6H3/t54?,55?,56?,57-/m0/s1. The first-order chi connectivity index (χ1) is 32.2. The van der Waals surface area contributed by atoms with E-state index in [-0.39, 0.29) is 31.1 Å². The molecule has 0 spiro atoms. The summed E-state index contributed by atoms with van der Waals surface area (Å²) in [4.78, 5) is 38.1. The lowest BCUT2D eigenvalue weighted by atomic mass is 9.99. The zero-order valence-corrected chi connectivity index (χ0v) is 45.5. The molecule has 66 heavy (non-hydrogen) atoms. The van der Waals surface area contributed by atoms with Gasteiger partial charge in [-0.2, -0.15) is 0 Å². The number of hydrogen-bond acceptors (Lipinski definition) is 6. The van der Waals surface area contributed by atoms with E-state index in [2.05, 4.69) is 41.5 Å². The molecule has 0 aliphatic rings. The monoisotopic (exact) mass is 933 g/mol. The van der Waals surface area contributed by atoms with E-state index in [9.17, 15) is 14.4 Å². The molecule has 0 fully saturated rings. The van der Waals surface area contributed by atoms with Crippen LogP contribution in [0.15, 0.2) is 0 Å². The highest BCUT2D eigenvalue weighted by Gasteiger charge is 2.19. The molecular formula is C60H116O6. The van der Waals surface area contributed by atoms with E-state index < -0.39 is 6.10 Å². The minimum Gasteiger partial charge on any atom is -0.462 e. The maximum Gasteiger partial charge on any atom is 0.306 e. The van der Waals surface area contributed by atoms with E-state index in [0.717, 1.165) is 75.5 Å². The minimum atomic E-state index is -0.764. The van der Waals surface area contributed by atoms with Gasteiger partial charge in [0.15, 0.2) is 6.10 Å². The molecule has 0 aliphatic heterocycles. The number of esters is 3. The number of carbonyl (C=O) groups is 3. The molecule has 0 saturated heterocycles. The Labute approximate surface area is 412 Å². The highest BCUT2D eigenvalue weighted by Crippen LogP contribution is 2.19. The molecule has 0 aromatic rings. The third-order valence-corrected chi connectivity index (χ3v) is 14.7. The molecule has 0 aromatic carbocycles. The Morgan fingerprint density at radius 3 is 0.712 bits per heavy atom. The molecule has 0 aromatic heterocycles. The van der Waals surface area contributed by atoms with Crippen LogP contribution in [0.2, 0.25) is 0 Å². The Morgan fingerprint density at radius 2 is 0.485 bits per heavy atom. The molecule has 0 heterocycles. The average molecular weight is 934 g/mol. The second-order valence-corrected chi connectivity index (χ2v) is 21.4. The van der Waals surface area contributed by atoms with E-state index in [0.29, 0.717) is 19.3 Å². The van der Waals surface area contributed by atoms with Gasteiger partial charge in [0.2, 0.25) is 0 Å². The number of hydrogen-bond donors (Lipinski definition) is 0. The van der Waals surface area contributed by atoms with E-state index >= 15 is 0 Å². The molecular weight excluding hydrogens is 817 g/mol. The summed E-state index contributed by atoms with van der Waals surface area (Å²) in [6.45, 7) is 13.8. The van der Waals surface area contributed by atoms with Crippen LogP contribution >= 0.6 is 0 Å². The van der Waals surface area contributed by atoms with Crippen molar-refractivity contribution in [2.24, 2.45) is 17.8 Å². The van der Waals surface area contributed by atoms with Gasteiger partial charge in [0, 0.05) is 19.3 Å². The Hall–Kier alpha value is -1.59. The van der Waals surface area contributed by atoms with Crippen LogP contribution in [0.25, 0.3) is 0 Å². The number of carbonyl (C=O) groups excluding carboxylic acids is 3. The smallest absolute Gasteiger partial charge is 0.306 e. The van der Waals surface area contributed by atoms with Crippen molar-refractivity contribution in [2.75, 3.05) is 13.2 Å². The maximum absolute atomic E-state index is 12.9. The predicted molar refractivity (Wildman–Crippen MR) is 284 cm³/mol. The average Bonchev–Trinajstić information content (AvgIpc) is 3.32. The summed E-state index contributed by atoms with van der Waals surface area (Å²) in [6.07, 6.45) is 53.7. The van der Waals surface area contributed by atoms with Crippen molar-refractivity contribution in [2.45, 2.75) is 337 Å². The normalized spacial score (nSPS) is 13.4. The van der Waals surface area contributed by atoms with Gasteiger partial charge in [-0.3, -0.25) is 14.4 Å². The molecule has 0 aliphatic carbocycles. The van der Waals surface area contributed by atoms with Gasteiger partial charge in [-0.15, -0.1) is 0 Å². The maximum atomic E-state index is 12.9. The van der Waals surface area contributed by atoms with Gasteiger partial charge in [0.25, 0.3) is 0 Å². The Balaban J connectivity index is 4.26. The number of ether oxygens (including phenoxy) is 3. The molecule has 0 radical (unpaired) electrons. The van der Waals surface area contributed by atoms with Crippen LogP contribution < -0.4 is 0 Å². The summed E-state index contributed by atoms with van der Waals surface area (Å²) in [5.41, 5.74) is 0. The highest BCUT2D eigenvalue weighted by molar-refractivity contribution is 5.71. The van der Waals surface area contributed by atoms with Crippen molar-refractivity contribution in [3.8, 4) is 0 Å². The second kappa shape index (κ2) is 51.3. The molecule has 6 nitrogen and oxygen atoms in total. The first-order valence-corrected chi connectivity index (χ1v) is 29.7. The molecule has 0 bridgehead atoms. The predicted octanol–water partition coefficient (Wildman–Crippen LogP) is 19.5. The fourth-order valence-electron chi connectivity index (χ4n) is 9.08. The minimum absolute atomic E-state index is 0.0641. The van der Waals surface area contributed by atoms with Gasteiger partial charge in [0.05, 0.1) is 0 Å². The van der Waals surface area contributed by atoms with Gasteiger partial charge >= 0.3 is 17.9 Å². The van der Waals surface area contributed by atoms with Crippen molar-refractivity contribution in [3.63, 3.8) is 0 Å². The topological polar surface area (TPSA) is 78.9 Å². The van der Waals surface area contributed by atoms with Crippen molar-refractivity contribution in [1.82, 2.24) is 0 Å². The zero-order chi connectivity index (χ0) is 48.4. The van der Waals surface area contributed by atoms with E-state index in [4.69, 9.17) is 14.2 Å². The SMILES string of the molecule is CCC(C)CCCCCCCCCCCCCCCCCCCCC(=O)O[C@@H](COC(=O)CCCCCCCCCCCCC(C)CC)COC(=O)CCCCCCCCCCC(C)CC. The summed E-state index contributed by atoms with van der Waals surface area (Å²) in [5.74, 6) is 1.78. The highest BCUT2D eigenvalue weighted by atomic mass is 16.6. The second-order valence-electron chi connectivity index (χ2n) is 21.4. The van der Waals surface area contributed by atoms with Gasteiger partial charge in [-0.1, -0.05) is 292 Å². The lowest BCUT2D eigenvalue weighted by Crippen LogP contribution is -2.30. The van der Waals surface area contributed by atoms with Crippen molar-refractivity contribution >= 4 is 17.9 Å². The van der Waals surface area contributed by atoms with Crippen molar-refractivity contribution in [1.29, 1.82) is 0 Å². The molecule has 4 atom stereocenters. The Bertz CT molecular complexity index is 1030. The largest absolute Gasteiger partial charge is 0.462 e. The van der Waals surface area contributed by atoms with Crippen LogP contribution in [0, 0.1) is 17.8 Å². The van der Waals surface area contributed by atoms with Crippen LogP contribution in [0.5, 0.6) is 0 Å². The number of unbranched alkanes of at least 4 members (excludes halogenated alkanes) is 33. The van der Waals surface area contributed by atoms with E-state index in [1.165, 1.54) is 212 Å². The van der Waals surface area contributed by atoms with E-state index in [1.807, 2.05) is 0 Å².